The van der Waals surface area contributed by atoms with Crippen LogP contribution >= 0.6 is 0 Å². The van der Waals surface area contributed by atoms with Crippen LogP contribution in [0, 0.1) is 17.3 Å². The first kappa shape index (κ1) is 14.7. The molecule has 0 bridgehead atoms. The van der Waals surface area contributed by atoms with Crippen LogP contribution in [0.4, 0.5) is 13.2 Å². The van der Waals surface area contributed by atoms with Gasteiger partial charge in [0, 0.05) is 6.54 Å². The summed E-state index contributed by atoms with van der Waals surface area (Å²) in [6.07, 6.45) is 0.136. The van der Waals surface area contributed by atoms with E-state index < -0.39 is 6.36 Å². The summed E-state index contributed by atoms with van der Waals surface area (Å²) in [5.41, 5.74) is 1.36. The van der Waals surface area contributed by atoms with E-state index in [0.717, 1.165) is 30.4 Å². The van der Waals surface area contributed by atoms with Crippen molar-refractivity contribution in [3.63, 3.8) is 0 Å². The lowest BCUT2D eigenvalue weighted by Gasteiger charge is -2.31. The van der Waals surface area contributed by atoms with Crippen molar-refractivity contribution >= 4 is 0 Å². The fourth-order valence-corrected chi connectivity index (χ4v) is 3.97. The minimum absolute atomic E-state index is 0.150. The fraction of sp³-hybridized carbons (Fsp3) is 0.625. The third kappa shape index (κ3) is 3.51. The maximum atomic E-state index is 12.1. The summed E-state index contributed by atoms with van der Waals surface area (Å²) in [5, 5.41) is 3.28. The summed E-state index contributed by atoms with van der Waals surface area (Å²) >= 11 is 0. The van der Waals surface area contributed by atoms with E-state index in [9.17, 15) is 13.2 Å². The van der Waals surface area contributed by atoms with Crippen molar-refractivity contribution in [2.24, 2.45) is 17.3 Å². The van der Waals surface area contributed by atoms with Crippen LogP contribution in [0.25, 0.3) is 0 Å². The van der Waals surface area contributed by atoms with E-state index in [4.69, 9.17) is 0 Å². The molecule has 1 N–H and O–H groups in total. The number of halogens is 3. The van der Waals surface area contributed by atoms with Crippen LogP contribution in [0.15, 0.2) is 24.3 Å². The average molecular weight is 299 g/mol. The van der Waals surface area contributed by atoms with E-state index in [1.54, 1.807) is 12.1 Å². The molecule has 5 heteroatoms. The Kier molecular flexibility index (Phi) is 3.64. The molecule has 1 aromatic rings. The zero-order chi connectivity index (χ0) is 15.1. The average Bonchev–Trinajstić information content (AvgIpc) is 2.99. The van der Waals surface area contributed by atoms with E-state index in [1.165, 1.54) is 31.4 Å². The van der Waals surface area contributed by atoms with Gasteiger partial charge < -0.3 is 10.1 Å². The number of ether oxygens (including phenoxy) is 1. The molecule has 116 valence electrons. The van der Waals surface area contributed by atoms with Crippen molar-refractivity contribution < 1.29 is 17.9 Å². The van der Waals surface area contributed by atoms with Gasteiger partial charge in [0.2, 0.25) is 0 Å². The summed E-state index contributed by atoms with van der Waals surface area (Å²) in [6, 6.07) is 6.32. The van der Waals surface area contributed by atoms with Gasteiger partial charge in [-0.2, -0.15) is 0 Å². The van der Waals surface area contributed by atoms with Crippen LogP contribution in [0.2, 0.25) is 0 Å². The van der Waals surface area contributed by atoms with E-state index in [2.05, 4.69) is 10.1 Å². The molecule has 0 aromatic heterocycles. The van der Waals surface area contributed by atoms with E-state index >= 15 is 0 Å². The molecule has 0 aliphatic heterocycles. The van der Waals surface area contributed by atoms with Gasteiger partial charge in [-0.25, -0.2) is 0 Å². The van der Waals surface area contributed by atoms with Gasteiger partial charge in [0.25, 0.3) is 0 Å². The Bertz CT molecular complexity index is 487. The molecule has 2 nitrogen and oxygen atoms in total. The molecule has 2 aliphatic rings. The number of fused-ring (bicyclic) bond motifs is 1. The molecular formula is C16H20F3NO. The highest BCUT2D eigenvalue weighted by Crippen LogP contribution is 2.60. The lowest BCUT2D eigenvalue weighted by molar-refractivity contribution is -0.274. The molecule has 2 unspecified atom stereocenters. The predicted molar refractivity (Wildman–Crippen MR) is 74.0 cm³/mol. The van der Waals surface area contributed by atoms with Gasteiger partial charge in [-0.3, -0.25) is 0 Å². The topological polar surface area (TPSA) is 21.3 Å². The van der Waals surface area contributed by atoms with Gasteiger partial charge in [-0.05, 0) is 67.7 Å². The number of nitrogens with one attached hydrogen (secondary N) is 1. The van der Waals surface area contributed by atoms with Crippen molar-refractivity contribution in [2.45, 2.75) is 32.0 Å². The molecule has 0 amide bonds. The third-order valence-corrected chi connectivity index (χ3v) is 4.75. The molecule has 0 radical (unpaired) electrons. The van der Waals surface area contributed by atoms with Gasteiger partial charge in [0.15, 0.2) is 0 Å². The van der Waals surface area contributed by atoms with Crippen LogP contribution < -0.4 is 10.1 Å². The van der Waals surface area contributed by atoms with Gasteiger partial charge >= 0.3 is 6.36 Å². The predicted octanol–water partition coefficient (Wildman–Crippen LogP) is 3.76. The maximum Gasteiger partial charge on any atom is 0.573 e. The van der Waals surface area contributed by atoms with Crippen molar-refractivity contribution in [2.75, 3.05) is 13.6 Å². The second-order valence-corrected chi connectivity index (χ2v) is 6.56. The highest BCUT2D eigenvalue weighted by molar-refractivity contribution is 5.28. The molecule has 3 rings (SSSR count). The number of alkyl halides is 3. The summed E-state index contributed by atoms with van der Waals surface area (Å²) in [4.78, 5) is 0. The van der Waals surface area contributed by atoms with E-state index in [0.29, 0.717) is 0 Å². The Morgan fingerprint density at radius 1 is 1.19 bits per heavy atom. The molecular weight excluding hydrogens is 279 g/mol. The minimum Gasteiger partial charge on any atom is -0.406 e. The Morgan fingerprint density at radius 2 is 1.81 bits per heavy atom. The standard InChI is InChI=1S/C16H20F3NO/c1-20-10-15(8-12-6-13(12)9-15)7-11-2-4-14(5-3-11)21-16(17,18)19/h2-5,12-13,20H,6-10H2,1H3. The first-order chi connectivity index (χ1) is 9.89. The SMILES string of the molecule is CNCC1(Cc2ccc(OC(F)(F)F)cc2)CC2CC2C1. The van der Waals surface area contributed by atoms with Gasteiger partial charge in [0.05, 0.1) is 0 Å². The first-order valence-corrected chi connectivity index (χ1v) is 7.38. The molecule has 2 saturated carbocycles. The molecule has 0 spiro atoms. The van der Waals surface area contributed by atoms with Crippen molar-refractivity contribution in [3.05, 3.63) is 29.8 Å². The van der Waals surface area contributed by atoms with E-state index in [1.807, 2.05) is 7.05 Å². The summed E-state index contributed by atoms with van der Waals surface area (Å²) in [5.74, 6) is 1.61. The quantitative estimate of drug-likeness (QED) is 0.894. The Hall–Kier alpha value is -1.23. The first-order valence-electron chi connectivity index (χ1n) is 7.38. The van der Waals surface area contributed by atoms with Crippen molar-refractivity contribution in [1.82, 2.24) is 5.32 Å². The second-order valence-electron chi connectivity index (χ2n) is 6.56. The zero-order valence-electron chi connectivity index (χ0n) is 12.0. The molecule has 2 aliphatic carbocycles. The fourth-order valence-electron chi connectivity index (χ4n) is 3.97. The van der Waals surface area contributed by atoms with Crippen molar-refractivity contribution in [1.29, 1.82) is 0 Å². The smallest absolute Gasteiger partial charge is 0.406 e. The van der Waals surface area contributed by atoms with Crippen LogP contribution in [0.5, 0.6) is 5.75 Å². The number of benzene rings is 1. The van der Waals surface area contributed by atoms with Crippen LogP contribution in [0.3, 0.4) is 0 Å². The number of hydrogen-bond donors (Lipinski definition) is 1. The molecule has 1 aromatic carbocycles. The number of hydrogen-bond acceptors (Lipinski definition) is 2. The zero-order valence-corrected chi connectivity index (χ0v) is 12.0. The van der Waals surface area contributed by atoms with Crippen LogP contribution in [-0.2, 0) is 6.42 Å². The maximum absolute atomic E-state index is 12.1. The molecule has 0 saturated heterocycles. The Morgan fingerprint density at radius 3 is 2.33 bits per heavy atom. The van der Waals surface area contributed by atoms with Crippen LogP contribution in [0.1, 0.15) is 24.8 Å². The largest absolute Gasteiger partial charge is 0.573 e. The molecule has 21 heavy (non-hydrogen) atoms. The molecule has 2 fully saturated rings. The third-order valence-electron chi connectivity index (χ3n) is 4.75. The van der Waals surface area contributed by atoms with Gasteiger partial charge in [-0.1, -0.05) is 12.1 Å². The molecule has 0 heterocycles. The summed E-state index contributed by atoms with van der Waals surface area (Å²) in [7, 11) is 1.96. The lowest BCUT2D eigenvalue weighted by atomic mass is 9.77. The second kappa shape index (κ2) is 5.20. The Balaban J connectivity index is 1.66. The van der Waals surface area contributed by atoms with Gasteiger partial charge in [-0.15, -0.1) is 13.2 Å². The summed E-state index contributed by atoms with van der Waals surface area (Å²) < 4.78 is 40.4. The summed E-state index contributed by atoms with van der Waals surface area (Å²) in [6.45, 7) is 0.973. The minimum atomic E-state index is -4.62. The number of rotatable bonds is 5. The Labute approximate surface area is 122 Å². The monoisotopic (exact) mass is 299 g/mol. The highest BCUT2D eigenvalue weighted by atomic mass is 19.4. The van der Waals surface area contributed by atoms with Crippen molar-refractivity contribution in [3.8, 4) is 5.75 Å². The lowest BCUT2D eigenvalue weighted by Crippen LogP contribution is -2.33. The molecule has 2 atom stereocenters. The van der Waals surface area contributed by atoms with E-state index in [-0.39, 0.29) is 11.2 Å². The van der Waals surface area contributed by atoms with Crippen LogP contribution in [-0.4, -0.2) is 20.0 Å². The van der Waals surface area contributed by atoms with Gasteiger partial charge in [0.1, 0.15) is 5.75 Å². The highest BCUT2D eigenvalue weighted by Gasteiger charge is 2.53. The normalized spacial score (nSPS) is 31.0.